The summed E-state index contributed by atoms with van der Waals surface area (Å²) in [4.78, 5) is 20.7. The summed E-state index contributed by atoms with van der Waals surface area (Å²) in [6, 6.07) is 10.8. The molecule has 1 amide bonds. The average molecular weight is 295 g/mol. The Labute approximate surface area is 128 Å². The standard InChI is InChI=1S/C17H17N3O2/c1-11(2)10-19-16(21)12-6-7-13-15(9-12)22-17(20-13)14-5-3-4-8-18-14/h3-9,11H,10H2,1-2H3,(H,19,21). The van der Waals surface area contributed by atoms with Gasteiger partial charge in [-0.05, 0) is 36.2 Å². The Morgan fingerprint density at radius 3 is 2.86 bits per heavy atom. The maximum absolute atomic E-state index is 12.1. The van der Waals surface area contributed by atoms with Gasteiger partial charge in [-0.2, -0.15) is 0 Å². The lowest BCUT2D eigenvalue weighted by atomic mass is 10.1. The molecule has 0 radical (unpaired) electrons. The Bertz CT molecular complexity index is 794. The number of carbonyl (C=O) groups excluding carboxylic acids is 1. The van der Waals surface area contributed by atoms with Gasteiger partial charge in [-0.1, -0.05) is 19.9 Å². The maximum atomic E-state index is 12.1. The van der Waals surface area contributed by atoms with E-state index < -0.39 is 0 Å². The van der Waals surface area contributed by atoms with Crippen molar-refractivity contribution in [2.75, 3.05) is 6.54 Å². The number of benzene rings is 1. The number of hydrogen-bond donors (Lipinski definition) is 1. The van der Waals surface area contributed by atoms with Crippen molar-refractivity contribution in [2.24, 2.45) is 5.92 Å². The molecule has 1 aromatic carbocycles. The van der Waals surface area contributed by atoms with Gasteiger partial charge in [0.2, 0.25) is 5.89 Å². The lowest BCUT2D eigenvalue weighted by Gasteiger charge is -2.07. The number of nitrogens with one attached hydrogen (secondary N) is 1. The summed E-state index contributed by atoms with van der Waals surface area (Å²) >= 11 is 0. The van der Waals surface area contributed by atoms with Crippen LogP contribution in [0.4, 0.5) is 0 Å². The van der Waals surface area contributed by atoms with Gasteiger partial charge >= 0.3 is 0 Å². The molecular weight excluding hydrogens is 278 g/mol. The van der Waals surface area contributed by atoms with Crippen LogP contribution < -0.4 is 5.32 Å². The maximum Gasteiger partial charge on any atom is 0.251 e. The molecule has 0 fully saturated rings. The van der Waals surface area contributed by atoms with Crippen molar-refractivity contribution in [2.45, 2.75) is 13.8 Å². The fraction of sp³-hybridized carbons (Fsp3) is 0.235. The average Bonchev–Trinajstić information content (AvgIpc) is 2.96. The van der Waals surface area contributed by atoms with Gasteiger partial charge in [-0.15, -0.1) is 0 Å². The van der Waals surface area contributed by atoms with E-state index in [2.05, 4.69) is 29.1 Å². The van der Waals surface area contributed by atoms with Gasteiger partial charge in [-0.25, -0.2) is 4.98 Å². The molecule has 1 N–H and O–H groups in total. The first-order valence-corrected chi connectivity index (χ1v) is 7.23. The number of rotatable bonds is 4. The van der Waals surface area contributed by atoms with E-state index >= 15 is 0 Å². The van der Waals surface area contributed by atoms with Gasteiger partial charge in [0, 0.05) is 18.3 Å². The van der Waals surface area contributed by atoms with E-state index in [-0.39, 0.29) is 5.91 Å². The van der Waals surface area contributed by atoms with Crippen molar-refractivity contribution in [3.05, 3.63) is 48.2 Å². The van der Waals surface area contributed by atoms with Crippen LogP contribution in [0, 0.1) is 5.92 Å². The second-order valence-electron chi connectivity index (χ2n) is 5.52. The van der Waals surface area contributed by atoms with E-state index in [0.717, 1.165) is 0 Å². The fourth-order valence-electron chi connectivity index (χ4n) is 2.06. The molecule has 5 nitrogen and oxygen atoms in total. The van der Waals surface area contributed by atoms with E-state index in [0.29, 0.717) is 40.7 Å². The lowest BCUT2D eigenvalue weighted by molar-refractivity contribution is 0.0949. The molecule has 3 rings (SSSR count). The largest absolute Gasteiger partial charge is 0.435 e. The van der Waals surface area contributed by atoms with Gasteiger partial charge < -0.3 is 9.73 Å². The molecule has 5 heteroatoms. The number of oxazole rings is 1. The summed E-state index contributed by atoms with van der Waals surface area (Å²) in [5.41, 5.74) is 2.53. The molecule has 0 atom stereocenters. The monoisotopic (exact) mass is 295 g/mol. The minimum atomic E-state index is -0.105. The summed E-state index contributed by atoms with van der Waals surface area (Å²) in [5.74, 6) is 0.760. The zero-order valence-electron chi connectivity index (χ0n) is 12.5. The first kappa shape index (κ1) is 14.3. The summed E-state index contributed by atoms with van der Waals surface area (Å²) in [6.07, 6.45) is 1.69. The fourth-order valence-corrected chi connectivity index (χ4v) is 2.06. The van der Waals surface area contributed by atoms with Crippen LogP contribution in [-0.4, -0.2) is 22.4 Å². The van der Waals surface area contributed by atoms with Crippen LogP contribution in [0.3, 0.4) is 0 Å². The molecule has 0 aliphatic rings. The van der Waals surface area contributed by atoms with Crippen LogP contribution in [0.5, 0.6) is 0 Å². The highest BCUT2D eigenvalue weighted by atomic mass is 16.3. The van der Waals surface area contributed by atoms with Crippen molar-refractivity contribution in [1.82, 2.24) is 15.3 Å². The Hall–Kier alpha value is -2.69. The van der Waals surface area contributed by atoms with Crippen LogP contribution in [0.1, 0.15) is 24.2 Å². The van der Waals surface area contributed by atoms with E-state index in [4.69, 9.17) is 4.42 Å². The number of pyridine rings is 1. The highest BCUT2D eigenvalue weighted by molar-refractivity contribution is 5.97. The highest BCUT2D eigenvalue weighted by Crippen LogP contribution is 2.23. The van der Waals surface area contributed by atoms with Crippen molar-refractivity contribution in [3.8, 4) is 11.6 Å². The van der Waals surface area contributed by atoms with Gasteiger partial charge in [0.25, 0.3) is 5.91 Å². The van der Waals surface area contributed by atoms with Gasteiger partial charge in [0.05, 0.1) is 0 Å². The normalized spacial score (nSPS) is 11.0. The molecule has 0 aliphatic carbocycles. The quantitative estimate of drug-likeness (QED) is 0.802. The number of carbonyl (C=O) groups is 1. The molecule has 0 aliphatic heterocycles. The molecule has 0 unspecified atom stereocenters. The van der Waals surface area contributed by atoms with Crippen molar-refractivity contribution in [3.63, 3.8) is 0 Å². The molecule has 2 aromatic heterocycles. The third-order valence-electron chi connectivity index (χ3n) is 3.21. The molecular formula is C17H17N3O2. The van der Waals surface area contributed by atoms with E-state index in [1.165, 1.54) is 0 Å². The third-order valence-corrected chi connectivity index (χ3v) is 3.21. The molecule has 0 spiro atoms. The lowest BCUT2D eigenvalue weighted by Crippen LogP contribution is -2.27. The van der Waals surface area contributed by atoms with Crippen molar-refractivity contribution < 1.29 is 9.21 Å². The summed E-state index contributed by atoms with van der Waals surface area (Å²) in [7, 11) is 0. The number of nitrogens with zero attached hydrogens (tertiary/aromatic N) is 2. The van der Waals surface area contributed by atoms with Crippen molar-refractivity contribution >= 4 is 17.0 Å². The van der Waals surface area contributed by atoms with Crippen LogP contribution in [0.15, 0.2) is 47.0 Å². The van der Waals surface area contributed by atoms with Crippen LogP contribution in [-0.2, 0) is 0 Å². The Morgan fingerprint density at radius 2 is 2.14 bits per heavy atom. The molecule has 0 bridgehead atoms. The second kappa shape index (κ2) is 5.97. The number of fused-ring (bicyclic) bond motifs is 1. The first-order chi connectivity index (χ1) is 10.6. The summed E-state index contributed by atoms with van der Waals surface area (Å²) in [6.45, 7) is 4.75. The Balaban J connectivity index is 1.89. The third kappa shape index (κ3) is 2.98. The van der Waals surface area contributed by atoms with E-state index in [1.807, 2.05) is 18.2 Å². The SMILES string of the molecule is CC(C)CNC(=O)c1ccc2nc(-c3ccccn3)oc2c1. The minimum absolute atomic E-state index is 0.105. The topological polar surface area (TPSA) is 68.0 Å². The van der Waals surface area contributed by atoms with Gasteiger partial charge in [0.1, 0.15) is 11.2 Å². The predicted octanol–water partition coefficient (Wildman–Crippen LogP) is 3.28. The molecule has 0 saturated heterocycles. The Kier molecular flexibility index (Phi) is 3.87. The molecule has 2 heterocycles. The number of aromatic nitrogens is 2. The second-order valence-corrected chi connectivity index (χ2v) is 5.52. The predicted molar refractivity (Wildman–Crippen MR) is 84.4 cm³/mol. The zero-order valence-corrected chi connectivity index (χ0v) is 12.5. The van der Waals surface area contributed by atoms with E-state index in [9.17, 15) is 4.79 Å². The first-order valence-electron chi connectivity index (χ1n) is 7.23. The van der Waals surface area contributed by atoms with Gasteiger partial charge in [-0.3, -0.25) is 9.78 Å². The smallest absolute Gasteiger partial charge is 0.251 e. The summed E-state index contributed by atoms with van der Waals surface area (Å²) in [5, 5.41) is 2.89. The Morgan fingerprint density at radius 1 is 1.27 bits per heavy atom. The number of hydrogen-bond acceptors (Lipinski definition) is 4. The molecule has 3 aromatic rings. The summed E-state index contributed by atoms with van der Waals surface area (Å²) < 4.78 is 5.72. The number of amides is 1. The van der Waals surface area contributed by atoms with Crippen LogP contribution >= 0.6 is 0 Å². The zero-order chi connectivity index (χ0) is 15.5. The van der Waals surface area contributed by atoms with Gasteiger partial charge in [0.15, 0.2) is 5.58 Å². The molecule has 0 saturated carbocycles. The minimum Gasteiger partial charge on any atom is -0.435 e. The molecule has 22 heavy (non-hydrogen) atoms. The van der Waals surface area contributed by atoms with Crippen LogP contribution in [0.2, 0.25) is 0 Å². The van der Waals surface area contributed by atoms with E-state index in [1.54, 1.807) is 24.4 Å². The van der Waals surface area contributed by atoms with Crippen LogP contribution in [0.25, 0.3) is 22.7 Å². The molecule has 112 valence electrons. The highest BCUT2D eigenvalue weighted by Gasteiger charge is 2.12. The van der Waals surface area contributed by atoms with Crippen molar-refractivity contribution in [1.29, 1.82) is 0 Å².